The summed E-state index contributed by atoms with van der Waals surface area (Å²) in [4.78, 5) is 10.2. The Kier molecular flexibility index (Phi) is 2.07. The molecule has 0 amide bonds. The van der Waals surface area contributed by atoms with Crippen molar-refractivity contribution in [1.29, 1.82) is 0 Å². The Balaban J connectivity index is 2.67. The fourth-order valence-electron chi connectivity index (χ4n) is 1.27. The molecule has 0 saturated carbocycles. The Bertz CT molecular complexity index is 418. The van der Waals surface area contributed by atoms with E-state index in [0.29, 0.717) is 21.5 Å². The van der Waals surface area contributed by atoms with Gasteiger partial charge in [0.2, 0.25) is 6.79 Å². The van der Waals surface area contributed by atoms with Gasteiger partial charge in [-0.2, -0.15) is 0 Å². The summed E-state index contributed by atoms with van der Waals surface area (Å²) in [6.45, 7) is 1.76. The number of hydrogen-bond acceptors (Lipinski definition) is 4. The quantitative estimate of drug-likeness (QED) is 0.574. The number of nitro benzene ring substituents is 1. The normalized spacial score (nSPS) is 13.0. The molecule has 1 aromatic rings. The first-order chi connectivity index (χ1) is 6.61. The minimum absolute atomic E-state index is 0.0288. The molecule has 1 aliphatic rings. The van der Waals surface area contributed by atoms with Crippen molar-refractivity contribution in [1.82, 2.24) is 0 Å². The van der Waals surface area contributed by atoms with Gasteiger partial charge in [0.05, 0.1) is 15.5 Å². The average molecular weight is 260 g/mol. The van der Waals surface area contributed by atoms with E-state index in [4.69, 9.17) is 9.47 Å². The fraction of sp³-hybridized carbons (Fsp3) is 0.250. The number of nitrogens with zero attached hydrogens (tertiary/aromatic N) is 1. The summed E-state index contributed by atoms with van der Waals surface area (Å²) in [5.74, 6) is 0.947. The monoisotopic (exact) mass is 259 g/mol. The van der Waals surface area contributed by atoms with Crippen LogP contribution in [-0.2, 0) is 0 Å². The standard InChI is InChI=1S/C8H6BrNO4/c1-4-5(10(11)12)2-6-8(7(4)9)14-3-13-6/h2H,3H2,1H3. The molecule has 0 saturated heterocycles. The van der Waals surface area contributed by atoms with Gasteiger partial charge in [-0.25, -0.2) is 0 Å². The van der Waals surface area contributed by atoms with Crippen molar-refractivity contribution in [2.75, 3.05) is 6.79 Å². The van der Waals surface area contributed by atoms with E-state index >= 15 is 0 Å². The zero-order chi connectivity index (χ0) is 10.3. The number of nitro groups is 1. The predicted molar refractivity (Wildman–Crippen MR) is 51.7 cm³/mol. The molecule has 0 unspecified atom stereocenters. The van der Waals surface area contributed by atoms with Crippen LogP contribution in [0.15, 0.2) is 10.5 Å². The van der Waals surface area contributed by atoms with Crippen LogP contribution in [0.25, 0.3) is 0 Å². The SMILES string of the molecule is Cc1c([N+](=O)[O-])cc2c(c1Br)OCO2. The third-order valence-corrected chi connectivity index (χ3v) is 2.97. The summed E-state index contributed by atoms with van der Waals surface area (Å²) in [6.07, 6.45) is 0. The van der Waals surface area contributed by atoms with Crippen LogP contribution >= 0.6 is 15.9 Å². The molecule has 1 aliphatic heterocycles. The zero-order valence-electron chi connectivity index (χ0n) is 7.24. The second-order valence-electron chi connectivity index (χ2n) is 2.83. The molecule has 5 nitrogen and oxygen atoms in total. The molecule has 0 aromatic heterocycles. The molecule has 0 bridgehead atoms. The van der Waals surface area contributed by atoms with Gasteiger partial charge in [-0.15, -0.1) is 0 Å². The lowest BCUT2D eigenvalue weighted by Gasteiger charge is -2.03. The number of ether oxygens (including phenoxy) is 2. The van der Waals surface area contributed by atoms with E-state index < -0.39 is 4.92 Å². The molecule has 1 aromatic carbocycles. The van der Waals surface area contributed by atoms with E-state index in [1.165, 1.54) is 6.07 Å². The zero-order valence-corrected chi connectivity index (χ0v) is 8.83. The molecule has 74 valence electrons. The topological polar surface area (TPSA) is 61.6 Å². The Hall–Kier alpha value is -1.30. The molecule has 0 N–H and O–H groups in total. The molecule has 0 spiro atoms. The highest BCUT2D eigenvalue weighted by molar-refractivity contribution is 9.10. The van der Waals surface area contributed by atoms with Crippen molar-refractivity contribution >= 4 is 21.6 Å². The van der Waals surface area contributed by atoms with E-state index in [1.54, 1.807) is 6.92 Å². The van der Waals surface area contributed by atoms with Gasteiger partial charge in [-0.05, 0) is 22.9 Å². The Morgan fingerprint density at radius 1 is 1.57 bits per heavy atom. The van der Waals surface area contributed by atoms with E-state index in [1.807, 2.05) is 0 Å². The summed E-state index contributed by atoms with van der Waals surface area (Å²) >= 11 is 3.24. The lowest BCUT2D eigenvalue weighted by molar-refractivity contribution is -0.385. The van der Waals surface area contributed by atoms with Crippen LogP contribution in [-0.4, -0.2) is 11.7 Å². The average Bonchev–Trinajstić information content (AvgIpc) is 2.58. The van der Waals surface area contributed by atoms with Crippen LogP contribution < -0.4 is 9.47 Å². The second kappa shape index (κ2) is 3.13. The van der Waals surface area contributed by atoms with Crippen LogP contribution in [0.2, 0.25) is 0 Å². The second-order valence-corrected chi connectivity index (χ2v) is 3.62. The Morgan fingerprint density at radius 3 is 2.93 bits per heavy atom. The van der Waals surface area contributed by atoms with Crippen molar-refractivity contribution in [2.24, 2.45) is 0 Å². The van der Waals surface area contributed by atoms with Gasteiger partial charge in [0, 0.05) is 5.56 Å². The summed E-state index contributed by atoms with van der Waals surface area (Å²) in [6, 6.07) is 1.38. The fourth-order valence-corrected chi connectivity index (χ4v) is 1.79. The smallest absolute Gasteiger partial charge is 0.277 e. The summed E-state index contributed by atoms with van der Waals surface area (Å²) in [5.41, 5.74) is 0.570. The molecule has 0 radical (unpaired) electrons. The molecule has 0 aliphatic carbocycles. The van der Waals surface area contributed by atoms with Gasteiger partial charge < -0.3 is 9.47 Å². The van der Waals surface area contributed by atoms with Gasteiger partial charge in [0.15, 0.2) is 11.5 Å². The van der Waals surface area contributed by atoms with E-state index in [2.05, 4.69) is 15.9 Å². The summed E-state index contributed by atoms with van der Waals surface area (Å²) in [7, 11) is 0. The Labute approximate surface area is 87.9 Å². The first-order valence-electron chi connectivity index (χ1n) is 3.84. The van der Waals surface area contributed by atoms with Crippen molar-refractivity contribution in [3.05, 3.63) is 26.2 Å². The van der Waals surface area contributed by atoms with Gasteiger partial charge in [-0.1, -0.05) is 0 Å². The maximum Gasteiger partial charge on any atom is 0.277 e. The lowest BCUT2D eigenvalue weighted by atomic mass is 10.2. The van der Waals surface area contributed by atoms with Crippen LogP contribution in [0.5, 0.6) is 11.5 Å². The van der Waals surface area contributed by atoms with E-state index in [0.717, 1.165) is 0 Å². The van der Waals surface area contributed by atoms with Crippen molar-refractivity contribution in [3.63, 3.8) is 0 Å². The highest BCUT2D eigenvalue weighted by atomic mass is 79.9. The summed E-state index contributed by atoms with van der Waals surface area (Å²) in [5, 5.41) is 10.7. The van der Waals surface area contributed by atoms with Crippen LogP contribution in [0.1, 0.15) is 5.56 Å². The lowest BCUT2D eigenvalue weighted by Crippen LogP contribution is -1.93. The highest BCUT2D eigenvalue weighted by Crippen LogP contribution is 2.44. The minimum atomic E-state index is -0.442. The van der Waals surface area contributed by atoms with Gasteiger partial charge in [-0.3, -0.25) is 10.1 Å². The molecule has 2 rings (SSSR count). The van der Waals surface area contributed by atoms with Gasteiger partial charge >= 0.3 is 0 Å². The van der Waals surface area contributed by atoms with Gasteiger partial charge in [0.1, 0.15) is 0 Å². The Morgan fingerprint density at radius 2 is 2.29 bits per heavy atom. The molecule has 0 fully saturated rings. The van der Waals surface area contributed by atoms with Gasteiger partial charge in [0.25, 0.3) is 5.69 Å². The van der Waals surface area contributed by atoms with E-state index in [-0.39, 0.29) is 12.5 Å². The molecule has 6 heteroatoms. The number of benzene rings is 1. The minimum Gasteiger partial charge on any atom is -0.453 e. The van der Waals surface area contributed by atoms with Crippen molar-refractivity contribution in [2.45, 2.75) is 6.92 Å². The number of fused-ring (bicyclic) bond motifs is 1. The highest BCUT2D eigenvalue weighted by Gasteiger charge is 2.25. The van der Waals surface area contributed by atoms with Crippen molar-refractivity contribution in [3.8, 4) is 11.5 Å². The molecule has 14 heavy (non-hydrogen) atoms. The molecular weight excluding hydrogens is 254 g/mol. The number of rotatable bonds is 1. The predicted octanol–water partition coefficient (Wildman–Crippen LogP) is 2.39. The van der Waals surface area contributed by atoms with Crippen LogP contribution in [0, 0.1) is 17.0 Å². The number of halogens is 1. The van der Waals surface area contributed by atoms with Crippen LogP contribution in [0.3, 0.4) is 0 Å². The van der Waals surface area contributed by atoms with Crippen LogP contribution in [0.4, 0.5) is 5.69 Å². The molecular formula is C8H6BrNO4. The summed E-state index contributed by atoms with van der Waals surface area (Å²) < 4.78 is 10.8. The maximum atomic E-state index is 10.7. The maximum absolute atomic E-state index is 10.7. The third kappa shape index (κ3) is 1.22. The van der Waals surface area contributed by atoms with E-state index in [9.17, 15) is 10.1 Å². The largest absolute Gasteiger partial charge is 0.453 e. The third-order valence-electron chi connectivity index (χ3n) is 2.02. The number of hydrogen-bond donors (Lipinski definition) is 0. The first-order valence-corrected chi connectivity index (χ1v) is 4.63. The van der Waals surface area contributed by atoms with Crippen molar-refractivity contribution < 1.29 is 14.4 Å². The molecule has 0 atom stereocenters. The first kappa shape index (κ1) is 9.26. The molecule has 1 heterocycles.